The monoisotopic (exact) mass is 289 g/mol. The van der Waals surface area contributed by atoms with E-state index >= 15 is 0 Å². The van der Waals surface area contributed by atoms with E-state index in [-0.39, 0.29) is 12.5 Å². The van der Waals surface area contributed by atoms with E-state index in [2.05, 4.69) is 5.32 Å². The smallest absolute Gasteiger partial charge is 0.220 e. The summed E-state index contributed by atoms with van der Waals surface area (Å²) in [5, 5.41) is 12.5. The second-order valence-electron chi connectivity index (χ2n) is 4.69. The number of carbonyl (C=O) groups excluding carboxylic acids is 1. The average Bonchev–Trinajstić information content (AvgIpc) is 3.05. The van der Waals surface area contributed by atoms with Gasteiger partial charge < -0.3 is 19.6 Å². The van der Waals surface area contributed by atoms with Gasteiger partial charge in [0.15, 0.2) is 0 Å². The molecular formula is C16H19NO4. The molecule has 1 aromatic heterocycles. The molecule has 0 saturated carbocycles. The van der Waals surface area contributed by atoms with Gasteiger partial charge in [0.05, 0.1) is 19.9 Å². The number of ether oxygens (including phenoxy) is 1. The summed E-state index contributed by atoms with van der Waals surface area (Å²) >= 11 is 0. The van der Waals surface area contributed by atoms with Crippen LogP contribution in [0.2, 0.25) is 0 Å². The molecule has 0 spiro atoms. The molecule has 2 rings (SSSR count). The van der Waals surface area contributed by atoms with Crippen LogP contribution in [-0.4, -0.2) is 24.7 Å². The lowest BCUT2D eigenvalue weighted by molar-refractivity contribution is -0.121. The van der Waals surface area contributed by atoms with Gasteiger partial charge in [-0.3, -0.25) is 4.79 Å². The normalized spacial score (nSPS) is 11.9. The van der Waals surface area contributed by atoms with Crippen molar-refractivity contribution < 1.29 is 19.1 Å². The summed E-state index contributed by atoms with van der Waals surface area (Å²) in [4.78, 5) is 11.8. The topological polar surface area (TPSA) is 71.7 Å². The number of aliphatic hydroxyl groups excluding tert-OH is 1. The lowest BCUT2D eigenvalue weighted by Crippen LogP contribution is -2.28. The van der Waals surface area contributed by atoms with Gasteiger partial charge in [0.25, 0.3) is 0 Å². The number of benzene rings is 1. The van der Waals surface area contributed by atoms with Gasteiger partial charge in [-0.25, -0.2) is 0 Å². The maximum absolute atomic E-state index is 11.8. The highest BCUT2D eigenvalue weighted by atomic mass is 16.5. The zero-order chi connectivity index (χ0) is 15.1. The number of methoxy groups -OCH3 is 1. The summed E-state index contributed by atoms with van der Waals surface area (Å²) in [5.74, 6) is 1.12. The van der Waals surface area contributed by atoms with Crippen LogP contribution >= 0.6 is 0 Å². The molecule has 1 heterocycles. The lowest BCUT2D eigenvalue weighted by Gasteiger charge is -2.10. The number of rotatable bonds is 7. The van der Waals surface area contributed by atoms with E-state index in [9.17, 15) is 9.90 Å². The number of hydrogen-bond donors (Lipinski definition) is 2. The summed E-state index contributed by atoms with van der Waals surface area (Å²) in [6.07, 6.45) is 1.65. The number of furan rings is 1. The third-order valence-corrected chi connectivity index (χ3v) is 3.14. The molecule has 5 nitrogen and oxygen atoms in total. The first-order chi connectivity index (χ1) is 10.2. The minimum Gasteiger partial charge on any atom is -0.497 e. The number of aryl methyl sites for hydroxylation is 1. The molecule has 1 aromatic carbocycles. The van der Waals surface area contributed by atoms with Gasteiger partial charge >= 0.3 is 0 Å². The molecule has 0 aliphatic heterocycles. The molecule has 0 radical (unpaired) electrons. The van der Waals surface area contributed by atoms with Crippen LogP contribution < -0.4 is 10.1 Å². The molecule has 0 fully saturated rings. The fourth-order valence-electron chi connectivity index (χ4n) is 1.97. The second kappa shape index (κ2) is 7.50. The molecule has 112 valence electrons. The standard InChI is InChI=1S/C16H19NO4/c1-20-13-5-2-4-12(10-13)7-8-16(19)17-11-14(18)15-6-3-9-21-15/h2-6,9-10,14,18H,7-8,11H2,1H3,(H,17,19). The Hall–Kier alpha value is -2.27. The number of carbonyl (C=O) groups is 1. The van der Waals surface area contributed by atoms with Crippen LogP contribution in [0.3, 0.4) is 0 Å². The van der Waals surface area contributed by atoms with Crippen molar-refractivity contribution in [3.8, 4) is 5.75 Å². The SMILES string of the molecule is COc1cccc(CCC(=O)NCC(O)c2ccco2)c1. The zero-order valence-electron chi connectivity index (χ0n) is 11.9. The summed E-state index contributed by atoms with van der Waals surface area (Å²) < 4.78 is 10.2. The van der Waals surface area contributed by atoms with Gasteiger partial charge in [0.2, 0.25) is 5.91 Å². The van der Waals surface area contributed by atoms with E-state index < -0.39 is 6.10 Å². The maximum Gasteiger partial charge on any atom is 0.220 e. The van der Waals surface area contributed by atoms with Crippen LogP contribution in [-0.2, 0) is 11.2 Å². The largest absolute Gasteiger partial charge is 0.497 e. The van der Waals surface area contributed by atoms with Crippen molar-refractivity contribution in [1.29, 1.82) is 0 Å². The van der Waals surface area contributed by atoms with Crippen molar-refractivity contribution in [2.75, 3.05) is 13.7 Å². The Morgan fingerprint density at radius 1 is 1.38 bits per heavy atom. The fraction of sp³-hybridized carbons (Fsp3) is 0.312. The van der Waals surface area contributed by atoms with Crippen LogP contribution in [0, 0.1) is 0 Å². The van der Waals surface area contributed by atoms with Crippen molar-refractivity contribution in [2.45, 2.75) is 18.9 Å². The van der Waals surface area contributed by atoms with E-state index in [0.29, 0.717) is 18.6 Å². The van der Waals surface area contributed by atoms with Crippen molar-refractivity contribution in [1.82, 2.24) is 5.32 Å². The van der Waals surface area contributed by atoms with Crippen LogP contribution in [0.25, 0.3) is 0 Å². The fourth-order valence-corrected chi connectivity index (χ4v) is 1.97. The minimum atomic E-state index is -0.819. The van der Waals surface area contributed by atoms with Gasteiger partial charge in [-0.05, 0) is 36.2 Å². The lowest BCUT2D eigenvalue weighted by atomic mass is 10.1. The van der Waals surface area contributed by atoms with Gasteiger partial charge in [0.1, 0.15) is 17.6 Å². The molecule has 0 bridgehead atoms. The molecule has 21 heavy (non-hydrogen) atoms. The number of hydrogen-bond acceptors (Lipinski definition) is 4. The predicted molar refractivity (Wildman–Crippen MR) is 78.0 cm³/mol. The molecule has 0 aliphatic rings. The van der Waals surface area contributed by atoms with Crippen molar-refractivity contribution >= 4 is 5.91 Å². The maximum atomic E-state index is 11.8. The van der Waals surface area contributed by atoms with Gasteiger partial charge in [0, 0.05) is 6.42 Å². The highest BCUT2D eigenvalue weighted by Gasteiger charge is 2.11. The quantitative estimate of drug-likeness (QED) is 0.818. The first-order valence-electron chi connectivity index (χ1n) is 6.80. The Kier molecular flexibility index (Phi) is 5.40. The first kappa shape index (κ1) is 15.1. The Bertz CT molecular complexity index is 565. The summed E-state index contributed by atoms with van der Waals surface area (Å²) in [6, 6.07) is 11.0. The van der Waals surface area contributed by atoms with Gasteiger partial charge in [-0.2, -0.15) is 0 Å². The number of aliphatic hydroxyl groups is 1. The van der Waals surface area contributed by atoms with Crippen LogP contribution in [0.4, 0.5) is 0 Å². The molecule has 0 aliphatic carbocycles. The van der Waals surface area contributed by atoms with Crippen LogP contribution in [0.15, 0.2) is 47.1 Å². The average molecular weight is 289 g/mol. The predicted octanol–water partition coefficient (Wildman–Crippen LogP) is 2.07. The van der Waals surface area contributed by atoms with Crippen LogP contribution in [0.5, 0.6) is 5.75 Å². The van der Waals surface area contributed by atoms with E-state index in [0.717, 1.165) is 11.3 Å². The van der Waals surface area contributed by atoms with E-state index in [1.54, 1.807) is 19.2 Å². The molecular weight excluding hydrogens is 270 g/mol. The Morgan fingerprint density at radius 2 is 2.24 bits per heavy atom. The van der Waals surface area contributed by atoms with Crippen molar-refractivity contribution in [3.63, 3.8) is 0 Å². The number of nitrogens with one attached hydrogen (secondary N) is 1. The first-order valence-corrected chi connectivity index (χ1v) is 6.80. The molecule has 1 amide bonds. The molecule has 2 aromatic rings. The molecule has 1 atom stereocenters. The summed E-state index contributed by atoms with van der Waals surface area (Å²) in [7, 11) is 1.61. The highest BCUT2D eigenvalue weighted by molar-refractivity contribution is 5.76. The van der Waals surface area contributed by atoms with Gasteiger partial charge in [-0.1, -0.05) is 12.1 Å². The molecule has 5 heteroatoms. The minimum absolute atomic E-state index is 0.108. The van der Waals surface area contributed by atoms with Crippen LogP contribution in [0.1, 0.15) is 23.8 Å². The van der Waals surface area contributed by atoms with Crippen molar-refractivity contribution in [3.05, 3.63) is 54.0 Å². The third-order valence-electron chi connectivity index (χ3n) is 3.14. The Labute approximate surface area is 123 Å². The van der Waals surface area contributed by atoms with E-state index in [1.165, 1.54) is 6.26 Å². The second-order valence-corrected chi connectivity index (χ2v) is 4.69. The van der Waals surface area contributed by atoms with Gasteiger partial charge in [-0.15, -0.1) is 0 Å². The summed E-state index contributed by atoms with van der Waals surface area (Å²) in [6.45, 7) is 0.143. The summed E-state index contributed by atoms with van der Waals surface area (Å²) in [5.41, 5.74) is 1.04. The molecule has 2 N–H and O–H groups in total. The Morgan fingerprint density at radius 3 is 2.95 bits per heavy atom. The highest BCUT2D eigenvalue weighted by Crippen LogP contribution is 2.14. The number of amides is 1. The van der Waals surface area contributed by atoms with E-state index in [1.807, 2.05) is 24.3 Å². The molecule has 0 saturated heterocycles. The zero-order valence-corrected chi connectivity index (χ0v) is 11.9. The third kappa shape index (κ3) is 4.65. The Balaban J connectivity index is 1.74. The van der Waals surface area contributed by atoms with E-state index in [4.69, 9.17) is 9.15 Å². The molecule has 1 unspecified atom stereocenters. The van der Waals surface area contributed by atoms with Crippen molar-refractivity contribution in [2.24, 2.45) is 0 Å².